The second-order valence-electron chi connectivity index (χ2n) is 12.4. The largest absolute Gasteiger partial charge is 0.433 e. The Morgan fingerprint density at radius 3 is 2.39 bits per heavy atom. The van der Waals surface area contributed by atoms with Crippen molar-refractivity contribution < 1.29 is 26.3 Å². The highest BCUT2D eigenvalue weighted by Gasteiger charge is 2.49. The fraction of sp³-hybridized carbons (Fsp3) is 0.500. The number of likely N-dealkylation sites (tertiary alicyclic amines) is 1. The first-order chi connectivity index (χ1) is 20.7. The maximum atomic E-state index is 14.2. The zero-order valence-corrected chi connectivity index (χ0v) is 24.4. The van der Waals surface area contributed by atoms with E-state index in [9.17, 15) is 31.1 Å². The summed E-state index contributed by atoms with van der Waals surface area (Å²) < 4.78 is 87.6. The Kier molecular flexibility index (Phi) is 7.33. The summed E-state index contributed by atoms with van der Waals surface area (Å²) in [5.41, 5.74) is -4.96. The average molecular weight is 620 g/mol. The Balaban J connectivity index is 1.53. The molecule has 4 aromatic heterocycles. The molecule has 1 atom stereocenters. The fourth-order valence-corrected chi connectivity index (χ4v) is 6.88. The van der Waals surface area contributed by atoms with Crippen LogP contribution in [-0.4, -0.2) is 47.1 Å². The molecule has 0 unspecified atom stereocenters. The first-order valence-electron chi connectivity index (χ1n) is 14.4. The summed E-state index contributed by atoms with van der Waals surface area (Å²) in [7, 11) is 1.70. The SMILES string of the molecule is CC1CC(c2cc(-c3cnc4c(C(F)(F)F)cc(CN5CCC[C@H](C)C5)cn4c3=O)nc(C(F)(F)F)c2)(c2nncn2C)C1. The minimum Gasteiger partial charge on any atom is -0.320 e. The molecule has 1 aliphatic carbocycles. The van der Waals surface area contributed by atoms with E-state index < -0.39 is 40.2 Å². The van der Waals surface area contributed by atoms with Crippen LogP contribution in [0.15, 0.2) is 41.7 Å². The lowest BCUT2D eigenvalue weighted by Crippen LogP contribution is -2.43. The summed E-state index contributed by atoms with van der Waals surface area (Å²) in [5.74, 6) is 1.04. The molecule has 2 aliphatic rings. The Morgan fingerprint density at radius 1 is 1.02 bits per heavy atom. The van der Waals surface area contributed by atoms with Crippen molar-refractivity contribution in [2.75, 3.05) is 13.1 Å². The van der Waals surface area contributed by atoms with Crippen molar-refractivity contribution >= 4 is 5.65 Å². The highest BCUT2D eigenvalue weighted by Crippen LogP contribution is 2.52. The van der Waals surface area contributed by atoms with Gasteiger partial charge in [0.1, 0.15) is 17.8 Å². The minimum atomic E-state index is -4.86. The summed E-state index contributed by atoms with van der Waals surface area (Å²) in [6.45, 7) is 5.64. The smallest absolute Gasteiger partial charge is 0.320 e. The molecule has 234 valence electrons. The van der Waals surface area contributed by atoms with Crippen LogP contribution in [0.3, 0.4) is 0 Å². The van der Waals surface area contributed by atoms with Gasteiger partial charge in [0, 0.05) is 32.5 Å². The number of nitrogens with zero attached hydrogens (tertiary/aromatic N) is 7. The second-order valence-corrected chi connectivity index (χ2v) is 12.4. The van der Waals surface area contributed by atoms with Crippen molar-refractivity contribution in [3.63, 3.8) is 0 Å². The second kappa shape index (κ2) is 10.7. The van der Waals surface area contributed by atoms with Gasteiger partial charge >= 0.3 is 12.4 Å². The lowest BCUT2D eigenvalue weighted by molar-refractivity contribution is -0.141. The molecule has 0 spiro atoms. The third kappa shape index (κ3) is 5.37. The molecular weight excluding hydrogens is 588 g/mol. The van der Waals surface area contributed by atoms with E-state index in [1.165, 1.54) is 18.6 Å². The van der Waals surface area contributed by atoms with Gasteiger partial charge in [-0.2, -0.15) is 26.3 Å². The van der Waals surface area contributed by atoms with Gasteiger partial charge in [-0.15, -0.1) is 10.2 Å². The summed E-state index contributed by atoms with van der Waals surface area (Å²) in [6, 6.07) is 3.34. The van der Waals surface area contributed by atoms with E-state index in [0.29, 0.717) is 37.7 Å². The van der Waals surface area contributed by atoms with Gasteiger partial charge in [-0.05, 0) is 73.4 Å². The fourth-order valence-electron chi connectivity index (χ4n) is 6.88. The van der Waals surface area contributed by atoms with Gasteiger partial charge in [-0.3, -0.25) is 14.1 Å². The number of aromatic nitrogens is 6. The molecule has 0 radical (unpaired) electrons. The summed E-state index contributed by atoms with van der Waals surface area (Å²) in [6.07, 6.45) is -3.12. The Morgan fingerprint density at radius 2 is 1.77 bits per heavy atom. The van der Waals surface area contributed by atoms with Crippen molar-refractivity contribution in [3.05, 3.63) is 75.5 Å². The number of aryl methyl sites for hydroxylation is 1. The van der Waals surface area contributed by atoms with Crippen LogP contribution in [0.4, 0.5) is 26.3 Å². The molecule has 0 bridgehead atoms. The molecule has 1 aliphatic heterocycles. The average Bonchev–Trinajstić information content (AvgIpc) is 3.36. The molecule has 8 nitrogen and oxygen atoms in total. The number of rotatable bonds is 5. The van der Waals surface area contributed by atoms with Crippen molar-refractivity contribution in [2.45, 2.75) is 63.8 Å². The normalized spacial score (nSPS) is 23.2. The van der Waals surface area contributed by atoms with Gasteiger partial charge in [-0.1, -0.05) is 13.8 Å². The first-order valence-corrected chi connectivity index (χ1v) is 14.4. The van der Waals surface area contributed by atoms with Crippen molar-refractivity contribution in [1.29, 1.82) is 0 Å². The van der Waals surface area contributed by atoms with Crippen LogP contribution >= 0.6 is 0 Å². The third-order valence-electron chi connectivity index (χ3n) is 8.79. The molecule has 4 aromatic rings. The van der Waals surface area contributed by atoms with Crippen molar-refractivity contribution in [1.82, 2.24) is 34.0 Å². The topological polar surface area (TPSA) is 81.2 Å². The van der Waals surface area contributed by atoms with E-state index in [1.807, 2.05) is 11.8 Å². The quantitative estimate of drug-likeness (QED) is 0.260. The van der Waals surface area contributed by atoms with Gasteiger partial charge in [0.2, 0.25) is 0 Å². The van der Waals surface area contributed by atoms with E-state index in [-0.39, 0.29) is 34.8 Å². The molecule has 0 amide bonds. The van der Waals surface area contributed by atoms with Crippen LogP contribution in [0.25, 0.3) is 16.9 Å². The van der Waals surface area contributed by atoms with Crippen LogP contribution in [0.2, 0.25) is 0 Å². The molecule has 44 heavy (non-hydrogen) atoms. The minimum absolute atomic E-state index is 0.185. The standard InChI is InChI=1S/C30H31F6N7O/c1-17-5-4-6-42(13-17)14-19-7-22(29(31,32)33)25-37-12-21(26(44)43(25)15-19)23-8-20(9-24(39-23)30(34,35)36)28(10-18(2)11-28)27-40-38-16-41(27)3/h7-9,12,15-18H,4-6,10-11,13-14H2,1-3H3/t17-,18?,28?/m0/s1. The zero-order valence-electron chi connectivity index (χ0n) is 24.4. The lowest BCUT2D eigenvalue weighted by atomic mass is 9.58. The molecule has 6 rings (SSSR count). The van der Waals surface area contributed by atoms with Crippen molar-refractivity contribution in [2.24, 2.45) is 18.9 Å². The molecule has 1 saturated carbocycles. The van der Waals surface area contributed by atoms with Crippen LogP contribution in [-0.2, 0) is 31.4 Å². The Bertz CT molecular complexity index is 1770. The van der Waals surface area contributed by atoms with Crippen LogP contribution in [0.5, 0.6) is 0 Å². The lowest BCUT2D eigenvalue weighted by Gasteiger charge is -2.46. The van der Waals surface area contributed by atoms with Gasteiger partial charge in [0.05, 0.1) is 22.2 Å². The molecule has 14 heteroatoms. The predicted molar refractivity (Wildman–Crippen MR) is 149 cm³/mol. The number of fused-ring (bicyclic) bond motifs is 1. The molecule has 1 saturated heterocycles. The maximum Gasteiger partial charge on any atom is 0.433 e. The molecule has 0 N–H and O–H groups in total. The summed E-state index contributed by atoms with van der Waals surface area (Å²) in [5, 5.41) is 8.11. The molecule has 2 fully saturated rings. The summed E-state index contributed by atoms with van der Waals surface area (Å²) in [4.78, 5) is 23.6. The number of hydrogen-bond acceptors (Lipinski definition) is 6. The van der Waals surface area contributed by atoms with Crippen LogP contribution in [0.1, 0.15) is 67.7 Å². The predicted octanol–water partition coefficient (Wildman–Crippen LogP) is 5.87. The first kappa shape index (κ1) is 30.2. The number of pyridine rings is 2. The van der Waals surface area contributed by atoms with E-state index >= 15 is 0 Å². The van der Waals surface area contributed by atoms with Crippen molar-refractivity contribution in [3.8, 4) is 11.3 Å². The highest BCUT2D eigenvalue weighted by atomic mass is 19.4. The number of alkyl halides is 6. The maximum absolute atomic E-state index is 14.2. The molecule has 0 aromatic carbocycles. The zero-order chi connectivity index (χ0) is 31.6. The van der Waals surface area contributed by atoms with Crippen LogP contribution in [0, 0.1) is 11.8 Å². The van der Waals surface area contributed by atoms with E-state index in [2.05, 4.69) is 27.1 Å². The number of hydrogen-bond donors (Lipinski definition) is 0. The van der Waals surface area contributed by atoms with E-state index in [4.69, 9.17) is 0 Å². The van der Waals surface area contributed by atoms with E-state index in [1.54, 1.807) is 11.6 Å². The summed E-state index contributed by atoms with van der Waals surface area (Å²) >= 11 is 0. The van der Waals surface area contributed by atoms with E-state index in [0.717, 1.165) is 35.6 Å². The third-order valence-corrected chi connectivity index (χ3v) is 8.79. The monoisotopic (exact) mass is 619 g/mol. The number of halogens is 6. The Hall–Kier alpha value is -3.81. The van der Waals surface area contributed by atoms with Gasteiger partial charge in [0.15, 0.2) is 5.65 Å². The highest BCUT2D eigenvalue weighted by molar-refractivity contribution is 5.63. The van der Waals surface area contributed by atoms with Crippen LogP contribution < -0.4 is 5.56 Å². The van der Waals surface area contributed by atoms with Gasteiger partial charge in [-0.25, -0.2) is 9.97 Å². The van der Waals surface area contributed by atoms with Gasteiger partial charge in [0.25, 0.3) is 5.56 Å². The number of piperidine rings is 1. The molecular formula is C30H31F6N7O. The van der Waals surface area contributed by atoms with Gasteiger partial charge < -0.3 is 4.57 Å². The molecule has 5 heterocycles. The Labute approximate surface area is 248 Å².